The van der Waals surface area contributed by atoms with Gasteiger partial charge in [-0.15, -0.1) is 0 Å². The second-order valence-electron chi connectivity index (χ2n) is 6.66. The summed E-state index contributed by atoms with van der Waals surface area (Å²) in [5, 5.41) is 9.98. The van der Waals surface area contributed by atoms with E-state index >= 15 is 0 Å². The molecule has 32 heavy (non-hydrogen) atoms. The van der Waals surface area contributed by atoms with Gasteiger partial charge in [0.2, 0.25) is 0 Å². The largest absolute Gasteiger partial charge is 0.323 e. The predicted molar refractivity (Wildman–Crippen MR) is 127 cm³/mol. The molecule has 0 saturated heterocycles. The summed E-state index contributed by atoms with van der Waals surface area (Å²) in [6.45, 7) is 3.34. The molecule has 0 unspecified atom stereocenters. The molecule has 0 atom stereocenters. The van der Waals surface area contributed by atoms with Crippen molar-refractivity contribution in [2.45, 2.75) is 13.8 Å². The number of aromatic nitrogens is 1. The van der Waals surface area contributed by atoms with Crippen LogP contribution in [0.4, 0.5) is 41.1 Å². The number of carbonyl (C=O) groups excluding carboxylic acids is 2. The average molecular weight is 569 g/mol. The van der Waals surface area contributed by atoms with Crippen molar-refractivity contribution in [3.05, 3.63) is 74.4 Å². The zero-order valence-corrected chi connectivity index (χ0v) is 20.0. The highest BCUT2D eigenvalue weighted by Gasteiger charge is 2.14. The van der Waals surface area contributed by atoms with Crippen molar-refractivity contribution in [3.63, 3.8) is 0 Å². The minimum atomic E-state index is -0.688. The molecule has 0 aliphatic rings. The summed E-state index contributed by atoms with van der Waals surface area (Å²) >= 11 is 6.30. The fraction of sp³-hybridized carbons (Fsp3) is 0.0952. The third-order valence-electron chi connectivity index (χ3n) is 4.26. The van der Waals surface area contributed by atoms with E-state index in [1.165, 1.54) is 30.3 Å². The number of amides is 4. The number of pyridine rings is 1. The van der Waals surface area contributed by atoms with Crippen LogP contribution in [0.3, 0.4) is 0 Å². The molecule has 7 nitrogen and oxygen atoms in total. The number of aryl methyl sites for hydroxylation is 2. The molecule has 0 fully saturated rings. The number of nitrogens with zero attached hydrogens (tertiary/aromatic N) is 1. The van der Waals surface area contributed by atoms with Crippen LogP contribution < -0.4 is 21.3 Å². The standard InChI is InChI=1S/C21H17Br2F2N5O2/c1-10-18(29-20(31)27-16-5-3-12(22)7-14(16)24)9-19(11(2)26-10)30-21(32)28-17-6-4-13(23)8-15(17)25/h3-9H,1-2H3,(H2,27,29,31)(H2,28,30,32). The van der Waals surface area contributed by atoms with Crippen LogP contribution in [0.5, 0.6) is 0 Å². The molecule has 2 aromatic carbocycles. The van der Waals surface area contributed by atoms with E-state index in [0.717, 1.165) is 0 Å². The molecular weight excluding hydrogens is 552 g/mol. The quantitative estimate of drug-likeness (QED) is 0.279. The predicted octanol–water partition coefficient (Wildman–Crippen LogP) is 6.79. The van der Waals surface area contributed by atoms with E-state index in [9.17, 15) is 18.4 Å². The Kier molecular flexibility index (Phi) is 7.41. The second kappa shape index (κ2) is 10.0. The topological polar surface area (TPSA) is 95.2 Å². The van der Waals surface area contributed by atoms with E-state index in [0.29, 0.717) is 31.7 Å². The number of anilines is 4. The van der Waals surface area contributed by atoms with Crippen molar-refractivity contribution in [1.82, 2.24) is 4.98 Å². The smallest absolute Gasteiger partial charge is 0.306 e. The fourth-order valence-corrected chi connectivity index (χ4v) is 3.38. The number of urea groups is 2. The lowest BCUT2D eigenvalue weighted by Gasteiger charge is -2.15. The van der Waals surface area contributed by atoms with E-state index in [4.69, 9.17) is 0 Å². The summed E-state index contributed by atoms with van der Waals surface area (Å²) in [6.07, 6.45) is 0. The lowest BCUT2D eigenvalue weighted by atomic mass is 10.2. The highest BCUT2D eigenvalue weighted by Crippen LogP contribution is 2.24. The van der Waals surface area contributed by atoms with Crippen LogP contribution in [-0.4, -0.2) is 17.0 Å². The van der Waals surface area contributed by atoms with Crippen molar-refractivity contribution >= 4 is 66.7 Å². The van der Waals surface area contributed by atoms with Gasteiger partial charge in [-0.05, 0) is 56.3 Å². The SMILES string of the molecule is Cc1nc(C)c(NC(=O)Nc2ccc(Br)cc2F)cc1NC(=O)Nc1ccc(Br)cc1F. The molecule has 1 aromatic heterocycles. The molecule has 4 amide bonds. The van der Waals surface area contributed by atoms with Crippen LogP contribution in [0.25, 0.3) is 0 Å². The van der Waals surface area contributed by atoms with Gasteiger partial charge in [-0.3, -0.25) is 4.98 Å². The first-order valence-corrected chi connectivity index (χ1v) is 10.8. The van der Waals surface area contributed by atoms with Crippen molar-refractivity contribution in [2.75, 3.05) is 21.3 Å². The molecule has 166 valence electrons. The number of carbonyl (C=O) groups is 2. The van der Waals surface area contributed by atoms with Crippen LogP contribution in [0.15, 0.2) is 51.4 Å². The van der Waals surface area contributed by atoms with Crippen molar-refractivity contribution in [2.24, 2.45) is 0 Å². The number of halogens is 4. The summed E-state index contributed by atoms with van der Waals surface area (Å²) in [5.74, 6) is -1.21. The first-order valence-electron chi connectivity index (χ1n) is 9.16. The van der Waals surface area contributed by atoms with Gasteiger partial charge in [-0.1, -0.05) is 31.9 Å². The number of benzene rings is 2. The summed E-state index contributed by atoms with van der Waals surface area (Å²) in [6, 6.07) is 8.59. The molecule has 3 rings (SSSR count). The first-order chi connectivity index (χ1) is 15.1. The summed E-state index contributed by atoms with van der Waals surface area (Å²) in [5.41, 5.74) is 1.57. The molecule has 0 saturated carbocycles. The van der Waals surface area contributed by atoms with Gasteiger partial charge >= 0.3 is 12.1 Å². The van der Waals surface area contributed by atoms with E-state index < -0.39 is 23.7 Å². The van der Waals surface area contributed by atoms with E-state index in [-0.39, 0.29) is 11.4 Å². The van der Waals surface area contributed by atoms with E-state index in [1.54, 1.807) is 26.0 Å². The van der Waals surface area contributed by atoms with E-state index in [1.807, 2.05) is 0 Å². The second-order valence-corrected chi connectivity index (χ2v) is 8.49. The Morgan fingerprint density at radius 3 is 1.44 bits per heavy atom. The monoisotopic (exact) mass is 567 g/mol. The maximum absolute atomic E-state index is 14.0. The maximum atomic E-state index is 14.0. The van der Waals surface area contributed by atoms with Gasteiger partial charge in [-0.2, -0.15) is 0 Å². The van der Waals surface area contributed by atoms with Gasteiger partial charge in [0, 0.05) is 8.95 Å². The lowest BCUT2D eigenvalue weighted by Crippen LogP contribution is -2.23. The summed E-state index contributed by atoms with van der Waals surface area (Å²) in [7, 11) is 0. The van der Waals surface area contributed by atoms with Crippen molar-refractivity contribution in [1.29, 1.82) is 0 Å². The Hall–Kier alpha value is -3.05. The van der Waals surface area contributed by atoms with Crippen LogP contribution in [0, 0.1) is 25.5 Å². The average Bonchev–Trinajstić information content (AvgIpc) is 2.70. The van der Waals surface area contributed by atoms with Gasteiger partial charge in [0.05, 0.1) is 34.1 Å². The number of rotatable bonds is 4. The zero-order valence-electron chi connectivity index (χ0n) is 16.8. The normalized spacial score (nSPS) is 10.4. The molecule has 0 radical (unpaired) electrons. The van der Waals surface area contributed by atoms with Gasteiger partial charge in [0.15, 0.2) is 0 Å². The maximum Gasteiger partial charge on any atom is 0.323 e. The van der Waals surface area contributed by atoms with Gasteiger partial charge < -0.3 is 21.3 Å². The number of nitrogens with one attached hydrogen (secondary N) is 4. The first kappa shape index (κ1) is 23.6. The molecule has 0 bridgehead atoms. The molecular formula is C21H17Br2F2N5O2. The van der Waals surface area contributed by atoms with Crippen LogP contribution in [0.1, 0.15) is 11.4 Å². The highest BCUT2D eigenvalue weighted by atomic mass is 79.9. The molecule has 3 aromatic rings. The van der Waals surface area contributed by atoms with Crippen LogP contribution >= 0.6 is 31.9 Å². The van der Waals surface area contributed by atoms with Gasteiger partial charge in [0.25, 0.3) is 0 Å². The molecule has 0 spiro atoms. The van der Waals surface area contributed by atoms with Gasteiger partial charge in [0.1, 0.15) is 11.6 Å². The minimum absolute atomic E-state index is 0.00215. The zero-order chi connectivity index (χ0) is 23.4. The lowest BCUT2D eigenvalue weighted by molar-refractivity contribution is 0.261. The third kappa shape index (κ3) is 6.01. The van der Waals surface area contributed by atoms with Crippen molar-refractivity contribution in [3.8, 4) is 0 Å². The fourth-order valence-electron chi connectivity index (χ4n) is 2.71. The Labute approximate surface area is 199 Å². The van der Waals surface area contributed by atoms with Crippen LogP contribution in [0.2, 0.25) is 0 Å². The molecule has 1 heterocycles. The number of hydrogen-bond donors (Lipinski definition) is 4. The van der Waals surface area contributed by atoms with Crippen LogP contribution in [-0.2, 0) is 0 Å². The summed E-state index contributed by atoms with van der Waals surface area (Å²) < 4.78 is 29.0. The minimum Gasteiger partial charge on any atom is -0.306 e. The molecule has 11 heteroatoms. The third-order valence-corrected chi connectivity index (χ3v) is 5.25. The molecule has 4 N–H and O–H groups in total. The molecule has 0 aliphatic heterocycles. The molecule has 0 aliphatic carbocycles. The Balaban J connectivity index is 1.72. The van der Waals surface area contributed by atoms with Crippen molar-refractivity contribution < 1.29 is 18.4 Å². The van der Waals surface area contributed by atoms with E-state index in [2.05, 4.69) is 58.1 Å². The summed E-state index contributed by atoms with van der Waals surface area (Å²) in [4.78, 5) is 29.0. The highest BCUT2D eigenvalue weighted by molar-refractivity contribution is 9.10. The van der Waals surface area contributed by atoms with Gasteiger partial charge in [-0.25, -0.2) is 18.4 Å². The Morgan fingerprint density at radius 2 is 1.06 bits per heavy atom. The number of hydrogen-bond acceptors (Lipinski definition) is 3. The Morgan fingerprint density at radius 1 is 0.688 bits per heavy atom. The Bertz CT molecular complexity index is 1120.